The van der Waals surface area contributed by atoms with E-state index in [1.807, 2.05) is 14.0 Å². The first-order chi connectivity index (χ1) is 9.68. The van der Waals surface area contributed by atoms with E-state index in [-0.39, 0.29) is 11.4 Å². The molecule has 1 fully saturated rings. The lowest BCUT2D eigenvalue weighted by Crippen LogP contribution is -2.59. The lowest BCUT2D eigenvalue weighted by atomic mass is 9.77. The van der Waals surface area contributed by atoms with Crippen molar-refractivity contribution in [2.24, 2.45) is 5.41 Å². The highest BCUT2D eigenvalue weighted by Gasteiger charge is 2.44. The third kappa shape index (κ3) is 4.19. The van der Waals surface area contributed by atoms with Crippen molar-refractivity contribution in [3.05, 3.63) is 0 Å². The van der Waals surface area contributed by atoms with E-state index in [2.05, 4.69) is 45.0 Å². The van der Waals surface area contributed by atoms with Gasteiger partial charge in [-0.2, -0.15) is 0 Å². The summed E-state index contributed by atoms with van der Waals surface area (Å²) in [5, 5.41) is 3.26. The number of carbonyl (C=O) groups is 1. The number of esters is 1. The summed E-state index contributed by atoms with van der Waals surface area (Å²) in [5.74, 6) is -0.0889. The van der Waals surface area contributed by atoms with E-state index in [4.69, 9.17) is 4.74 Å². The highest BCUT2D eigenvalue weighted by atomic mass is 16.5. The molecule has 3 unspecified atom stereocenters. The van der Waals surface area contributed by atoms with Crippen LogP contribution in [0.15, 0.2) is 0 Å². The molecule has 4 nitrogen and oxygen atoms in total. The van der Waals surface area contributed by atoms with Crippen LogP contribution < -0.4 is 5.32 Å². The molecule has 1 aliphatic carbocycles. The predicted molar refractivity (Wildman–Crippen MR) is 87.4 cm³/mol. The van der Waals surface area contributed by atoms with E-state index < -0.39 is 5.54 Å². The topological polar surface area (TPSA) is 41.6 Å². The Morgan fingerprint density at radius 1 is 1.48 bits per heavy atom. The van der Waals surface area contributed by atoms with Gasteiger partial charge >= 0.3 is 5.97 Å². The van der Waals surface area contributed by atoms with Crippen molar-refractivity contribution in [2.45, 2.75) is 77.9 Å². The molecule has 3 atom stereocenters. The summed E-state index contributed by atoms with van der Waals surface area (Å²) < 4.78 is 5.31. The van der Waals surface area contributed by atoms with Crippen LogP contribution in [-0.4, -0.2) is 49.2 Å². The lowest BCUT2D eigenvalue weighted by Gasteiger charge is -2.46. The molecule has 0 aromatic rings. The van der Waals surface area contributed by atoms with Gasteiger partial charge in [0.2, 0.25) is 0 Å². The number of nitrogens with zero attached hydrogens (tertiary/aromatic N) is 1. The van der Waals surface area contributed by atoms with Crippen LogP contribution >= 0.6 is 0 Å². The zero-order chi connectivity index (χ0) is 16.3. The number of likely N-dealkylation sites (N-methyl/N-ethyl adjacent to an activating group) is 1. The van der Waals surface area contributed by atoms with Gasteiger partial charge in [-0.3, -0.25) is 4.79 Å². The molecule has 0 amide bonds. The van der Waals surface area contributed by atoms with Crippen LogP contribution in [0.4, 0.5) is 0 Å². The maximum Gasteiger partial charge on any atom is 0.326 e. The van der Waals surface area contributed by atoms with Gasteiger partial charge in [0.05, 0.1) is 6.61 Å². The summed E-state index contributed by atoms with van der Waals surface area (Å²) in [6, 6.07) is 0.891. The van der Waals surface area contributed by atoms with Gasteiger partial charge in [0, 0.05) is 12.1 Å². The van der Waals surface area contributed by atoms with Gasteiger partial charge in [-0.25, -0.2) is 0 Å². The summed E-state index contributed by atoms with van der Waals surface area (Å²) in [5.41, 5.74) is -0.275. The Balaban J connectivity index is 2.85. The quantitative estimate of drug-likeness (QED) is 0.793. The van der Waals surface area contributed by atoms with Gasteiger partial charge in [-0.1, -0.05) is 20.8 Å². The average molecular weight is 298 g/mol. The molecule has 21 heavy (non-hydrogen) atoms. The summed E-state index contributed by atoms with van der Waals surface area (Å²) >= 11 is 0. The largest absolute Gasteiger partial charge is 0.465 e. The minimum atomic E-state index is -0.509. The molecule has 1 rings (SSSR count). The van der Waals surface area contributed by atoms with Crippen LogP contribution in [0.5, 0.6) is 0 Å². The van der Waals surface area contributed by atoms with Gasteiger partial charge in [0.25, 0.3) is 0 Å². The first-order valence-electron chi connectivity index (χ1n) is 8.26. The molecule has 0 aromatic carbocycles. The summed E-state index contributed by atoms with van der Waals surface area (Å²) in [6.07, 6.45) is 3.92. The molecule has 0 bridgehead atoms. The molecule has 0 radical (unpaired) electrons. The average Bonchev–Trinajstić information content (AvgIpc) is 2.44. The fourth-order valence-electron chi connectivity index (χ4n) is 3.30. The maximum atomic E-state index is 12.4. The summed E-state index contributed by atoms with van der Waals surface area (Å²) in [7, 11) is 4.07. The first kappa shape index (κ1) is 18.4. The normalized spacial score (nSPS) is 28.5. The zero-order valence-corrected chi connectivity index (χ0v) is 15.0. The monoisotopic (exact) mass is 298 g/mol. The van der Waals surface area contributed by atoms with Crippen molar-refractivity contribution in [2.75, 3.05) is 20.7 Å². The molecule has 0 saturated heterocycles. The van der Waals surface area contributed by atoms with Crippen molar-refractivity contribution in [3.63, 3.8) is 0 Å². The van der Waals surface area contributed by atoms with E-state index in [1.165, 1.54) is 0 Å². The Kier molecular flexibility index (Phi) is 6.23. The van der Waals surface area contributed by atoms with E-state index in [9.17, 15) is 4.79 Å². The first-order valence-corrected chi connectivity index (χ1v) is 8.26. The molecule has 4 heteroatoms. The van der Waals surface area contributed by atoms with Gasteiger partial charge in [0.1, 0.15) is 5.54 Å². The third-order valence-electron chi connectivity index (χ3n) is 5.31. The highest BCUT2D eigenvalue weighted by molar-refractivity contribution is 5.81. The molecule has 1 saturated carbocycles. The van der Waals surface area contributed by atoms with Crippen molar-refractivity contribution >= 4 is 5.97 Å². The molecule has 124 valence electrons. The number of hydrogen-bond acceptors (Lipinski definition) is 4. The highest BCUT2D eigenvalue weighted by Crippen LogP contribution is 2.35. The number of rotatable bonds is 5. The zero-order valence-electron chi connectivity index (χ0n) is 15.0. The van der Waals surface area contributed by atoms with E-state index in [1.54, 1.807) is 0 Å². The molecule has 1 N–H and O–H groups in total. The molecular weight excluding hydrogens is 264 g/mol. The fraction of sp³-hybridized carbons (Fsp3) is 0.941. The van der Waals surface area contributed by atoms with Crippen LogP contribution in [0.3, 0.4) is 0 Å². The minimum absolute atomic E-state index is 0.0889. The van der Waals surface area contributed by atoms with Crippen LogP contribution in [0.1, 0.15) is 60.3 Å². The van der Waals surface area contributed by atoms with Gasteiger partial charge in [-0.05, 0) is 59.0 Å². The van der Waals surface area contributed by atoms with Crippen LogP contribution in [0.25, 0.3) is 0 Å². The number of hydrogen-bond donors (Lipinski definition) is 1. The van der Waals surface area contributed by atoms with E-state index in [0.29, 0.717) is 18.7 Å². The number of nitrogens with one attached hydrogen (secondary N) is 1. The van der Waals surface area contributed by atoms with Crippen molar-refractivity contribution in [1.29, 1.82) is 0 Å². The maximum absolute atomic E-state index is 12.4. The molecule has 0 aliphatic heterocycles. The molecule has 1 aliphatic rings. The summed E-state index contributed by atoms with van der Waals surface area (Å²) in [4.78, 5) is 14.8. The Bertz CT molecular complexity index is 351. The Morgan fingerprint density at radius 3 is 2.57 bits per heavy atom. The molecular formula is C17H34N2O2. The van der Waals surface area contributed by atoms with Crippen molar-refractivity contribution < 1.29 is 9.53 Å². The predicted octanol–water partition coefficient (Wildman–Crippen LogP) is 2.82. The summed E-state index contributed by atoms with van der Waals surface area (Å²) in [6.45, 7) is 11.4. The third-order valence-corrected chi connectivity index (χ3v) is 5.31. The van der Waals surface area contributed by atoms with Gasteiger partial charge in [-0.15, -0.1) is 0 Å². The Morgan fingerprint density at radius 2 is 2.10 bits per heavy atom. The van der Waals surface area contributed by atoms with Crippen LogP contribution in [0, 0.1) is 5.41 Å². The van der Waals surface area contributed by atoms with E-state index in [0.717, 1.165) is 25.7 Å². The van der Waals surface area contributed by atoms with Crippen LogP contribution in [-0.2, 0) is 9.53 Å². The number of carbonyl (C=O) groups excluding carboxylic acids is 1. The van der Waals surface area contributed by atoms with Gasteiger partial charge in [0.15, 0.2) is 0 Å². The Hall–Kier alpha value is -0.610. The van der Waals surface area contributed by atoms with Crippen LogP contribution in [0.2, 0.25) is 0 Å². The van der Waals surface area contributed by atoms with Gasteiger partial charge < -0.3 is 15.0 Å². The molecule has 0 spiro atoms. The van der Waals surface area contributed by atoms with E-state index >= 15 is 0 Å². The Labute approximate surface area is 130 Å². The van der Waals surface area contributed by atoms with Crippen molar-refractivity contribution in [1.82, 2.24) is 10.2 Å². The second kappa shape index (κ2) is 7.10. The second-order valence-corrected chi connectivity index (χ2v) is 7.51. The van der Waals surface area contributed by atoms with Crippen molar-refractivity contribution in [3.8, 4) is 0 Å². The smallest absolute Gasteiger partial charge is 0.326 e. The fourth-order valence-corrected chi connectivity index (χ4v) is 3.30. The molecule has 0 heterocycles. The SMILES string of the molecule is CCOC(=O)C1(NC)CCCC(N(C)C(C)C(C)(C)C)C1. The molecule has 0 aromatic heterocycles. The second-order valence-electron chi connectivity index (χ2n) is 7.51. The minimum Gasteiger partial charge on any atom is -0.465 e. The standard InChI is InChI=1S/C17H34N2O2/c1-8-21-15(20)17(18-6)11-9-10-14(12-17)19(7)13(2)16(3,4)5/h13-14,18H,8-12H2,1-7H3. The number of ether oxygens (including phenoxy) is 1. The lowest BCUT2D eigenvalue weighted by molar-refractivity contribution is -0.153.